The quantitative estimate of drug-likeness (QED) is 0.612. The average molecular weight is 245 g/mol. The molecule has 1 N–H and O–H groups in total. The van der Waals surface area contributed by atoms with Gasteiger partial charge in [0.05, 0.1) is 5.69 Å². The maximum absolute atomic E-state index is 5.99. The molecule has 0 aliphatic heterocycles. The summed E-state index contributed by atoms with van der Waals surface area (Å²) in [6, 6.07) is 1.97. The molecule has 2 nitrogen and oxygen atoms in total. The summed E-state index contributed by atoms with van der Waals surface area (Å²) in [4.78, 5) is 4.05. The topological polar surface area (TPSA) is 24.9 Å². The molecule has 15 heavy (non-hydrogen) atoms. The van der Waals surface area contributed by atoms with Gasteiger partial charge in [-0.3, -0.25) is 0 Å². The van der Waals surface area contributed by atoms with Gasteiger partial charge >= 0.3 is 0 Å². The maximum atomic E-state index is 5.99. The van der Waals surface area contributed by atoms with Gasteiger partial charge in [0, 0.05) is 12.7 Å². The zero-order valence-electron chi connectivity index (χ0n) is 9.22. The summed E-state index contributed by atoms with van der Waals surface area (Å²) in [6.07, 6.45) is 2.89. The molecule has 1 rings (SSSR count). The van der Waals surface area contributed by atoms with Crippen molar-refractivity contribution in [1.82, 2.24) is 4.98 Å². The minimum absolute atomic E-state index is 0.568. The Morgan fingerprint density at radius 1 is 1.53 bits per heavy atom. The summed E-state index contributed by atoms with van der Waals surface area (Å²) in [5.74, 6) is 2.38. The lowest BCUT2D eigenvalue weighted by atomic mass is 10.2. The van der Waals surface area contributed by atoms with Crippen LogP contribution in [0, 0.1) is 6.92 Å². The second kappa shape index (κ2) is 6.96. The van der Waals surface area contributed by atoms with Crippen molar-refractivity contribution in [3.8, 4) is 0 Å². The second-order valence-corrected chi connectivity index (χ2v) is 5.02. The minimum Gasteiger partial charge on any atom is -0.382 e. The molecule has 0 saturated carbocycles. The van der Waals surface area contributed by atoms with Crippen molar-refractivity contribution in [1.29, 1.82) is 0 Å². The van der Waals surface area contributed by atoms with Crippen LogP contribution >= 0.6 is 23.4 Å². The Bertz CT molecular complexity index is 284. The molecule has 0 aliphatic carbocycles. The van der Waals surface area contributed by atoms with Crippen LogP contribution in [-0.2, 0) is 0 Å². The molecule has 1 aromatic rings. The van der Waals surface area contributed by atoms with Gasteiger partial charge in [0.15, 0.2) is 5.15 Å². The van der Waals surface area contributed by atoms with Crippen molar-refractivity contribution < 1.29 is 0 Å². The SMILES string of the molecule is CCSCCCNc1c(C)ccnc1Cl. The van der Waals surface area contributed by atoms with Crippen LogP contribution in [0.2, 0.25) is 5.15 Å². The van der Waals surface area contributed by atoms with E-state index in [1.807, 2.05) is 24.8 Å². The predicted octanol–water partition coefficient (Wildman–Crippen LogP) is 3.60. The third kappa shape index (κ3) is 4.31. The van der Waals surface area contributed by atoms with Gasteiger partial charge in [0.1, 0.15) is 0 Å². The molecule has 4 heteroatoms. The molecule has 0 spiro atoms. The smallest absolute Gasteiger partial charge is 0.152 e. The Morgan fingerprint density at radius 3 is 3.00 bits per heavy atom. The Morgan fingerprint density at radius 2 is 2.33 bits per heavy atom. The van der Waals surface area contributed by atoms with Crippen LogP contribution < -0.4 is 5.32 Å². The van der Waals surface area contributed by atoms with E-state index in [1.165, 1.54) is 11.5 Å². The highest BCUT2D eigenvalue weighted by Gasteiger charge is 2.02. The Balaban J connectivity index is 2.37. The summed E-state index contributed by atoms with van der Waals surface area (Å²) in [6.45, 7) is 5.18. The molecule has 0 atom stereocenters. The molecule has 0 aromatic carbocycles. The lowest BCUT2D eigenvalue weighted by Crippen LogP contribution is -2.05. The molecular formula is C11H17ClN2S. The Hall–Kier alpha value is -0.410. The molecule has 0 amide bonds. The van der Waals surface area contributed by atoms with Crippen LogP contribution in [0.15, 0.2) is 12.3 Å². The van der Waals surface area contributed by atoms with Gasteiger partial charge in [-0.15, -0.1) is 0 Å². The zero-order chi connectivity index (χ0) is 11.1. The van der Waals surface area contributed by atoms with Crippen molar-refractivity contribution in [3.63, 3.8) is 0 Å². The summed E-state index contributed by atoms with van der Waals surface area (Å²) in [5.41, 5.74) is 2.12. The molecule has 1 heterocycles. The number of nitrogens with one attached hydrogen (secondary N) is 1. The third-order valence-electron chi connectivity index (χ3n) is 2.08. The highest BCUT2D eigenvalue weighted by atomic mass is 35.5. The first kappa shape index (κ1) is 12.7. The van der Waals surface area contributed by atoms with Crippen molar-refractivity contribution in [2.24, 2.45) is 0 Å². The first-order valence-corrected chi connectivity index (χ1v) is 6.71. The van der Waals surface area contributed by atoms with E-state index in [1.54, 1.807) is 6.20 Å². The molecule has 0 aliphatic rings. The lowest BCUT2D eigenvalue weighted by Gasteiger charge is -2.09. The summed E-state index contributed by atoms with van der Waals surface area (Å²) in [7, 11) is 0. The van der Waals surface area contributed by atoms with Crippen LogP contribution in [0.25, 0.3) is 0 Å². The van der Waals surface area contributed by atoms with E-state index in [-0.39, 0.29) is 0 Å². The van der Waals surface area contributed by atoms with Crippen molar-refractivity contribution in [2.45, 2.75) is 20.3 Å². The van der Waals surface area contributed by atoms with Gasteiger partial charge < -0.3 is 5.32 Å². The summed E-state index contributed by atoms with van der Waals surface area (Å²) < 4.78 is 0. The molecule has 0 radical (unpaired) electrons. The van der Waals surface area contributed by atoms with E-state index in [0.29, 0.717) is 5.15 Å². The number of anilines is 1. The zero-order valence-corrected chi connectivity index (χ0v) is 10.8. The third-order valence-corrected chi connectivity index (χ3v) is 3.36. The molecule has 84 valence electrons. The normalized spacial score (nSPS) is 10.3. The standard InChI is InChI=1S/C11H17ClN2S/c1-3-15-8-4-6-13-10-9(2)5-7-14-11(10)12/h5,7,13H,3-4,6,8H2,1-2H3. The van der Waals surface area contributed by atoms with E-state index in [0.717, 1.165) is 24.2 Å². The van der Waals surface area contributed by atoms with E-state index in [4.69, 9.17) is 11.6 Å². The highest BCUT2D eigenvalue weighted by molar-refractivity contribution is 7.99. The molecule has 0 fully saturated rings. The largest absolute Gasteiger partial charge is 0.382 e. The van der Waals surface area contributed by atoms with Crippen LogP contribution in [0.3, 0.4) is 0 Å². The molecule has 1 aromatic heterocycles. The van der Waals surface area contributed by atoms with E-state index in [9.17, 15) is 0 Å². The number of rotatable bonds is 6. The number of nitrogens with zero attached hydrogens (tertiary/aromatic N) is 1. The molecular weight excluding hydrogens is 228 g/mol. The number of halogens is 1. The summed E-state index contributed by atoms with van der Waals surface area (Å²) >= 11 is 7.95. The van der Waals surface area contributed by atoms with Crippen LogP contribution in [-0.4, -0.2) is 23.0 Å². The van der Waals surface area contributed by atoms with E-state index >= 15 is 0 Å². The molecule has 0 bridgehead atoms. The van der Waals surface area contributed by atoms with Crippen molar-refractivity contribution in [2.75, 3.05) is 23.4 Å². The minimum atomic E-state index is 0.568. The highest BCUT2D eigenvalue weighted by Crippen LogP contribution is 2.22. The van der Waals surface area contributed by atoms with Crippen molar-refractivity contribution in [3.05, 3.63) is 23.0 Å². The molecule has 0 unspecified atom stereocenters. The fourth-order valence-electron chi connectivity index (χ4n) is 1.27. The second-order valence-electron chi connectivity index (χ2n) is 3.27. The monoisotopic (exact) mass is 244 g/mol. The fourth-order valence-corrected chi connectivity index (χ4v) is 2.18. The number of pyridine rings is 1. The van der Waals surface area contributed by atoms with Gasteiger partial charge in [0.2, 0.25) is 0 Å². The first-order valence-electron chi connectivity index (χ1n) is 5.18. The van der Waals surface area contributed by atoms with Gasteiger partial charge in [-0.05, 0) is 36.5 Å². The fraction of sp³-hybridized carbons (Fsp3) is 0.545. The van der Waals surface area contributed by atoms with E-state index < -0.39 is 0 Å². The van der Waals surface area contributed by atoms with Gasteiger partial charge in [-0.2, -0.15) is 11.8 Å². The lowest BCUT2D eigenvalue weighted by molar-refractivity contribution is 0.986. The van der Waals surface area contributed by atoms with Gasteiger partial charge in [-0.25, -0.2) is 4.98 Å². The number of aryl methyl sites for hydroxylation is 1. The number of hydrogen-bond donors (Lipinski definition) is 1. The van der Waals surface area contributed by atoms with Crippen LogP contribution in [0.4, 0.5) is 5.69 Å². The first-order chi connectivity index (χ1) is 7.25. The summed E-state index contributed by atoms with van der Waals surface area (Å²) in [5, 5.41) is 3.90. The van der Waals surface area contributed by atoms with Crippen LogP contribution in [0.5, 0.6) is 0 Å². The maximum Gasteiger partial charge on any atom is 0.152 e. The number of hydrogen-bond acceptors (Lipinski definition) is 3. The average Bonchev–Trinajstić information content (AvgIpc) is 2.21. The molecule has 0 saturated heterocycles. The Kier molecular flexibility index (Phi) is 5.88. The van der Waals surface area contributed by atoms with E-state index in [2.05, 4.69) is 17.2 Å². The van der Waals surface area contributed by atoms with Gasteiger partial charge in [-0.1, -0.05) is 18.5 Å². The predicted molar refractivity (Wildman–Crippen MR) is 70.1 cm³/mol. The number of thioether (sulfide) groups is 1. The number of aromatic nitrogens is 1. The van der Waals surface area contributed by atoms with Crippen molar-refractivity contribution >= 4 is 29.1 Å². The van der Waals surface area contributed by atoms with Gasteiger partial charge in [0.25, 0.3) is 0 Å². The van der Waals surface area contributed by atoms with Crippen LogP contribution in [0.1, 0.15) is 18.9 Å². The Labute approximate surface area is 101 Å².